The lowest BCUT2D eigenvalue weighted by molar-refractivity contribution is -0.142. The summed E-state index contributed by atoms with van der Waals surface area (Å²) in [5, 5.41) is -0.175. The van der Waals surface area contributed by atoms with Gasteiger partial charge in [0.05, 0.1) is 18.6 Å². The Kier molecular flexibility index (Phi) is 5.91. The maximum Gasteiger partial charge on any atom is 0.319 e. The third-order valence-electron chi connectivity index (χ3n) is 2.26. The summed E-state index contributed by atoms with van der Waals surface area (Å²) in [6, 6.07) is 7.68. The molecule has 0 heterocycles. The molecule has 0 saturated heterocycles. The van der Waals surface area contributed by atoms with Gasteiger partial charge in [-0.2, -0.15) is 0 Å². The molecule has 0 aliphatic heterocycles. The molecule has 0 bridgehead atoms. The average Bonchev–Trinajstić information content (AvgIpc) is 2.36. The monoisotopic (exact) mass is 254 g/mol. The fourth-order valence-electron chi connectivity index (χ4n) is 1.40. The van der Waals surface area contributed by atoms with Gasteiger partial charge in [0, 0.05) is 0 Å². The molecule has 0 N–H and O–H groups in total. The zero-order valence-corrected chi connectivity index (χ0v) is 11.3. The standard InChI is InChI=1S/C13H18O3S/c1-4-11(13(14)16-5-2)17-12-9-7-6-8-10(12)15-3/h6-9,11H,4-5H2,1-3H3. The van der Waals surface area contributed by atoms with Gasteiger partial charge < -0.3 is 9.47 Å². The molecule has 4 heteroatoms. The molecule has 0 aromatic heterocycles. The Morgan fingerprint density at radius 2 is 2.06 bits per heavy atom. The summed E-state index contributed by atoms with van der Waals surface area (Å²) >= 11 is 1.49. The maximum absolute atomic E-state index is 11.7. The van der Waals surface area contributed by atoms with Gasteiger partial charge >= 0.3 is 5.97 Å². The first-order valence-electron chi connectivity index (χ1n) is 5.69. The molecule has 0 spiro atoms. The van der Waals surface area contributed by atoms with Gasteiger partial charge in [0.1, 0.15) is 11.0 Å². The quantitative estimate of drug-likeness (QED) is 0.577. The van der Waals surface area contributed by atoms with E-state index in [1.54, 1.807) is 7.11 Å². The van der Waals surface area contributed by atoms with Crippen LogP contribution in [0.5, 0.6) is 5.75 Å². The van der Waals surface area contributed by atoms with E-state index in [1.165, 1.54) is 11.8 Å². The van der Waals surface area contributed by atoms with E-state index in [0.717, 1.165) is 17.1 Å². The number of hydrogen-bond donors (Lipinski definition) is 0. The molecular weight excluding hydrogens is 236 g/mol. The van der Waals surface area contributed by atoms with Crippen LogP contribution in [0, 0.1) is 0 Å². The van der Waals surface area contributed by atoms with E-state index in [0.29, 0.717) is 6.61 Å². The van der Waals surface area contributed by atoms with Gasteiger partial charge in [0.2, 0.25) is 0 Å². The van der Waals surface area contributed by atoms with Crippen LogP contribution in [-0.4, -0.2) is 24.9 Å². The molecular formula is C13H18O3S. The summed E-state index contributed by atoms with van der Waals surface area (Å²) in [4.78, 5) is 12.7. The van der Waals surface area contributed by atoms with Gasteiger partial charge in [-0.3, -0.25) is 4.79 Å². The van der Waals surface area contributed by atoms with Gasteiger partial charge in [-0.1, -0.05) is 19.1 Å². The molecule has 0 aliphatic rings. The van der Waals surface area contributed by atoms with Crippen LogP contribution in [0.4, 0.5) is 0 Å². The van der Waals surface area contributed by atoms with Crippen molar-refractivity contribution in [3.8, 4) is 5.75 Å². The van der Waals surface area contributed by atoms with Gasteiger partial charge in [-0.15, -0.1) is 11.8 Å². The highest BCUT2D eigenvalue weighted by molar-refractivity contribution is 8.00. The number of para-hydroxylation sites is 1. The van der Waals surface area contributed by atoms with Crippen LogP contribution in [0.1, 0.15) is 20.3 Å². The lowest BCUT2D eigenvalue weighted by Gasteiger charge is -2.14. The van der Waals surface area contributed by atoms with Crippen LogP contribution in [0.15, 0.2) is 29.2 Å². The Labute approximate surface area is 106 Å². The predicted molar refractivity (Wildman–Crippen MR) is 69.6 cm³/mol. The van der Waals surface area contributed by atoms with Gasteiger partial charge in [0.25, 0.3) is 0 Å². The minimum atomic E-state index is -0.175. The fourth-order valence-corrected chi connectivity index (χ4v) is 2.46. The molecule has 17 heavy (non-hydrogen) atoms. The van der Waals surface area contributed by atoms with Crippen molar-refractivity contribution in [2.45, 2.75) is 30.4 Å². The first kappa shape index (κ1) is 13.9. The molecule has 0 aliphatic carbocycles. The second-order valence-corrected chi connectivity index (χ2v) is 4.66. The highest BCUT2D eigenvalue weighted by atomic mass is 32.2. The summed E-state index contributed by atoms with van der Waals surface area (Å²) in [7, 11) is 1.63. The number of rotatable bonds is 6. The van der Waals surface area contributed by atoms with Crippen molar-refractivity contribution in [1.82, 2.24) is 0 Å². The summed E-state index contributed by atoms with van der Waals surface area (Å²) in [5.41, 5.74) is 0. The Morgan fingerprint density at radius 1 is 1.35 bits per heavy atom. The Hall–Kier alpha value is -1.16. The molecule has 0 saturated carbocycles. The van der Waals surface area contributed by atoms with E-state index in [9.17, 15) is 4.79 Å². The highest BCUT2D eigenvalue weighted by Gasteiger charge is 2.20. The van der Waals surface area contributed by atoms with Crippen molar-refractivity contribution < 1.29 is 14.3 Å². The van der Waals surface area contributed by atoms with Crippen molar-refractivity contribution >= 4 is 17.7 Å². The molecule has 1 aromatic carbocycles. The van der Waals surface area contributed by atoms with Crippen LogP contribution in [0.2, 0.25) is 0 Å². The maximum atomic E-state index is 11.7. The Bertz CT molecular complexity index is 365. The second kappa shape index (κ2) is 7.22. The number of carbonyl (C=O) groups is 1. The molecule has 0 amide bonds. The van der Waals surface area contributed by atoms with Gasteiger partial charge in [0.15, 0.2) is 0 Å². The molecule has 1 rings (SSSR count). The molecule has 1 atom stereocenters. The van der Waals surface area contributed by atoms with Crippen molar-refractivity contribution in [2.75, 3.05) is 13.7 Å². The zero-order chi connectivity index (χ0) is 12.7. The smallest absolute Gasteiger partial charge is 0.319 e. The van der Waals surface area contributed by atoms with Crippen LogP contribution < -0.4 is 4.74 Å². The minimum Gasteiger partial charge on any atom is -0.496 e. The molecule has 1 unspecified atom stereocenters. The molecule has 3 nitrogen and oxygen atoms in total. The summed E-state index contributed by atoms with van der Waals surface area (Å²) < 4.78 is 10.3. The van der Waals surface area contributed by atoms with Crippen molar-refractivity contribution in [2.24, 2.45) is 0 Å². The first-order valence-corrected chi connectivity index (χ1v) is 6.57. The van der Waals surface area contributed by atoms with Gasteiger partial charge in [-0.05, 0) is 25.5 Å². The SMILES string of the molecule is CCOC(=O)C(CC)Sc1ccccc1OC. The van der Waals surface area contributed by atoms with E-state index < -0.39 is 0 Å². The third kappa shape index (κ3) is 3.97. The van der Waals surface area contributed by atoms with E-state index in [4.69, 9.17) is 9.47 Å². The summed E-state index contributed by atoms with van der Waals surface area (Å²) in [6.07, 6.45) is 0.738. The summed E-state index contributed by atoms with van der Waals surface area (Å²) in [5.74, 6) is 0.631. The topological polar surface area (TPSA) is 35.5 Å². The van der Waals surface area contributed by atoms with Crippen molar-refractivity contribution in [1.29, 1.82) is 0 Å². The summed E-state index contributed by atoms with van der Waals surface area (Å²) in [6.45, 7) is 4.21. The van der Waals surface area contributed by atoms with Crippen LogP contribution in [-0.2, 0) is 9.53 Å². The number of benzene rings is 1. The average molecular weight is 254 g/mol. The molecule has 0 radical (unpaired) electrons. The first-order chi connectivity index (χ1) is 8.22. The number of carbonyl (C=O) groups excluding carboxylic acids is 1. The van der Waals surface area contributed by atoms with Crippen LogP contribution in [0.25, 0.3) is 0 Å². The number of esters is 1. The normalized spacial score (nSPS) is 11.9. The molecule has 1 aromatic rings. The second-order valence-electron chi connectivity index (χ2n) is 3.42. The number of methoxy groups -OCH3 is 1. The predicted octanol–water partition coefficient (Wildman–Crippen LogP) is 3.13. The van der Waals surface area contributed by atoms with E-state index >= 15 is 0 Å². The lowest BCUT2D eigenvalue weighted by Crippen LogP contribution is -2.19. The van der Waals surface area contributed by atoms with Crippen LogP contribution >= 0.6 is 11.8 Å². The van der Waals surface area contributed by atoms with E-state index in [-0.39, 0.29) is 11.2 Å². The van der Waals surface area contributed by atoms with E-state index in [2.05, 4.69) is 0 Å². The number of ether oxygens (including phenoxy) is 2. The lowest BCUT2D eigenvalue weighted by atomic mass is 10.3. The molecule has 0 fully saturated rings. The minimum absolute atomic E-state index is 0.161. The van der Waals surface area contributed by atoms with E-state index in [1.807, 2.05) is 38.1 Å². The molecule has 94 valence electrons. The Balaban J connectivity index is 2.76. The third-order valence-corrected chi connectivity index (χ3v) is 3.66. The largest absolute Gasteiger partial charge is 0.496 e. The van der Waals surface area contributed by atoms with Crippen molar-refractivity contribution in [3.05, 3.63) is 24.3 Å². The fraction of sp³-hybridized carbons (Fsp3) is 0.462. The zero-order valence-electron chi connectivity index (χ0n) is 10.4. The van der Waals surface area contributed by atoms with Gasteiger partial charge in [-0.25, -0.2) is 0 Å². The number of hydrogen-bond acceptors (Lipinski definition) is 4. The van der Waals surface area contributed by atoms with Crippen molar-refractivity contribution in [3.63, 3.8) is 0 Å². The number of thioether (sulfide) groups is 1. The highest BCUT2D eigenvalue weighted by Crippen LogP contribution is 2.33. The Morgan fingerprint density at radius 3 is 2.65 bits per heavy atom. The van der Waals surface area contributed by atoms with Crippen LogP contribution in [0.3, 0.4) is 0 Å².